The van der Waals surface area contributed by atoms with Crippen molar-refractivity contribution in [2.45, 2.75) is 31.1 Å². The number of hydrogen-bond donors (Lipinski definition) is 1. The Morgan fingerprint density at radius 1 is 1.29 bits per heavy atom. The largest absolute Gasteiger partial charge is 0.342 e. The van der Waals surface area contributed by atoms with Crippen LogP contribution in [0.3, 0.4) is 0 Å². The maximum atomic E-state index is 12.4. The molecule has 0 spiro atoms. The van der Waals surface area contributed by atoms with E-state index in [1.165, 1.54) is 17.0 Å². The van der Waals surface area contributed by atoms with Crippen LogP contribution in [-0.2, 0) is 10.0 Å². The molecule has 0 radical (unpaired) electrons. The first-order chi connectivity index (χ1) is 9.70. The molecule has 0 heterocycles. The number of rotatable bonds is 6. The Bertz CT molecular complexity index is 633. The second-order valence-corrected chi connectivity index (χ2v) is 7.03. The van der Waals surface area contributed by atoms with Gasteiger partial charge in [0.15, 0.2) is 0 Å². The number of halogens is 2. The van der Waals surface area contributed by atoms with Gasteiger partial charge in [-0.3, -0.25) is 4.79 Å². The number of benzene rings is 1. The van der Waals surface area contributed by atoms with E-state index < -0.39 is 15.9 Å². The number of nitrogens with two attached hydrogens (primary N) is 1. The van der Waals surface area contributed by atoms with E-state index >= 15 is 0 Å². The third-order valence-corrected chi connectivity index (χ3v) is 4.79. The third-order valence-electron chi connectivity index (χ3n) is 3.02. The first kappa shape index (κ1) is 18.2. The zero-order valence-electron chi connectivity index (χ0n) is 11.9. The summed E-state index contributed by atoms with van der Waals surface area (Å²) < 4.78 is 22.9. The lowest BCUT2D eigenvalue weighted by molar-refractivity contribution is 0.0793. The molecular weight excluding hydrogens is 335 g/mol. The first-order valence-corrected chi connectivity index (χ1v) is 8.76. The van der Waals surface area contributed by atoms with E-state index in [0.29, 0.717) is 6.54 Å². The SMILES string of the molecule is CCCCCN(C)C(=O)c1c(Cl)ccc(S(N)(=O)=O)c1Cl. The van der Waals surface area contributed by atoms with E-state index in [1.54, 1.807) is 7.05 Å². The van der Waals surface area contributed by atoms with Crippen LogP contribution in [0.15, 0.2) is 17.0 Å². The van der Waals surface area contributed by atoms with Crippen molar-refractivity contribution in [3.8, 4) is 0 Å². The van der Waals surface area contributed by atoms with Gasteiger partial charge in [-0.25, -0.2) is 13.6 Å². The number of unbranched alkanes of at least 4 members (excludes halogenated alkanes) is 2. The number of sulfonamides is 1. The summed E-state index contributed by atoms with van der Waals surface area (Å²) in [6.07, 6.45) is 2.88. The van der Waals surface area contributed by atoms with Crippen molar-refractivity contribution in [3.05, 3.63) is 27.7 Å². The van der Waals surface area contributed by atoms with Crippen molar-refractivity contribution in [1.29, 1.82) is 0 Å². The summed E-state index contributed by atoms with van der Waals surface area (Å²) >= 11 is 12.0. The van der Waals surface area contributed by atoms with Gasteiger partial charge in [-0.15, -0.1) is 0 Å². The van der Waals surface area contributed by atoms with Gasteiger partial charge >= 0.3 is 0 Å². The molecule has 5 nitrogen and oxygen atoms in total. The zero-order valence-corrected chi connectivity index (χ0v) is 14.2. The zero-order chi connectivity index (χ0) is 16.2. The molecule has 2 N–H and O–H groups in total. The minimum atomic E-state index is -4.01. The molecule has 0 aliphatic carbocycles. The monoisotopic (exact) mass is 352 g/mol. The van der Waals surface area contributed by atoms with Crippen LogP contribution in [0.4, 0.5) is 0 Å². The number of primary sulfonamides is 1. The summed E-state index contributed by atoms with van der Waals surface area (Å²) in [6.45, 7) is 2.60. The maximum absolute atomic E-state index is 12.4. The Kier molecular flexibility index (Phi) is 6.46. The highest BCUT2D eigenvalue weighted by molar-refractivity contribution is 7.89. The van der Waals surface area contributed by atoms with Crippen LogP contribution in [-0.4, -0.2) is 32.8 Å². The average molecular weight is 353 g/mol. The van der Waals surface area contributed by atoms with Crippen LogP contribution < -0.4 is 5.14 Å². The Labute approximate surface area is 135 Å². The van der Waals surface area contributed by atoms with Crippen molar-refractivity contribution in [2.75, 3.05) is 13.6 Å². The molecule has 0 saturated heterocycles. The van der Waals surface area contributed by atoms with Crippen molar-refractivity contribution in [1.82, 2.24) is 4.90 Å². The van der Waals surface area contributed by atoms with Crippen molar-refractivity contribution in [2.24, 2.45) is 5.14 Å². The van der Waals surface area contributed by atoms with E-state index in [2.05, 4.69) is 6.92 Å². The molecule has 1 aromatic carbocycles. The summed E-state index contributed by atoms with van der Waals surface area (Å²) in [5, 5.41) is 4.93. The number of carbonyl (C=O) groups excluding carboxylic acids is 1. The van der Waals surface area contributed by atoms with Gasteiger partial charge in [-0.1, -0.05) is 43.0 Å². The molecule has 0 unspecified atom stereocenters. The highest BCUT2D eigenvalue weighted by atomic mass is 35.5. The number of hydrogen-bond acceptors (Lipinski definition) is 3. The van der Waals surface area contributed by atoms with Gasteiger partial charge in [0.25, 0.3) is 5.91 Å². The van der Waals surface area contributed by atoms with Gasteiger partial charge in [-0.05, 0) is 18.6 Å². The molecule has 118 valence electrons. The minimum Gasteiger partial charge on any atom is -0.342 e. The minimum absolute atomic E-state index is 0.0381. The first-order valence-electron chi connectivity index (χ1n) is 6.46. The number of carbonyl (C=O) groups is 1. The fourth-order valence-electron chi connectivity index (χ4n) is 1.84. The molecule has 0 fully saturated rings. The Hall–Kier alpha value is -0.820. The molecular formula is C13H18Cl2N2O3S. The van der Waals surface area contributed by atoms with E-state index in [-0.39, 0.29) is 20.5 Å². The third kappa shape index (κ3) is 4.57. The molecule has 0 aliphatic heterocycles. The molecule has 0 aliphatic rings. The van der Waals surface area contributed by atoms with Crippen molar-refractivity contribution < 1.29 is 13.2 Å². The molecule has 0 bridgehead atoms. The molecule has 1 aromatic rings. The highest BCUT2D eigenvalue weighted by Gasteiger charge is 2.24. The van der Waals surface area contributed by atoms with E-state index in [1.807, 2.05) is 0 Å². The van der Waals surface area contributed by atoms with E-state index in [4.69, 9.17) is 28.3 Å². The Balaban J connectivity index is 3.15. The summed E-state index contributed by atoms with van der Waals surface area (Å²) in [5.74, 6) is -0.424. The van der Waals surface area contributed by atoms with Gasteiger partial charge < -0.3 is 4.90 Å². The molecule has 0 aromatic heterocycles. The predicted molar refractivity (Wildman–Crippen MR) is 84.3 cm³/mol. The van der Waals surface area contributed by atoms with Gasteiger partial charge in [0.05, 0.1) is 15.6 Å². The van der Waals surface area contributed by atoms with E-state index in [0.717, 1.165) is 19.3 Å². The fraction of sp³-hybridized carbons (Fsp3) is 0.462. The van der Waals surface area contributed by atoms with E-state index in [9.17, 15) is 13.2 Å². The van der Waals surface area contributed by atoms with Crippen molar-refractivity contribution in [3.63, 3.8) is 0 Å². The smallest absolute Gasteiger partial charge is 0.256 e. The molecule has 0 atom stereocenters. The van der Waals surface area contributed by atoms with Crippen LogP contribution in [0.2, 0.25) is 10.0 Å². The fourth-order valence-corrected chi connectivity index (χ4v) is 3.31. The Morgan fingerprint density at radius 3 is 2.43 bits per heavy atom. The number of nitrogens with zero attached hydrogens (tertiary/aromatic N) is 1. The molecule has 1 rings (SSSR count). The van der Waals surface area contributed by atoms with Crippen LogP contribution in [0.5, 0.6) is 0 Å². The summed E-state index contributed by atoms with van der Waals surface area (Å²) in [7, 11) is -2.39. The molecule has 8 heteroatoms. The molecule has 21 heavy (non-hydrogen) atoms. The highest BCUT2D eigenvalue weighted by Crippen LogP contribution is 2.31. The van der Waals surface area contributed by atoms with Gasteiger partial charge in [0.1, 0.15) is 4.90 Å². The maximum Gasteiger partial charge on any atom is 0.256 e. The summed E-state index contributed by atoms with van der Waals surface area (Å²) in [5.41, 5.74) is -0.0381. The Morgan fingerprint density at radius 2 is 1.90 bits per heavy atom. The van der Waals surface area contributed by atoms with Crippen LogP contribution in [0.25, 0.3) is 0 Å². The topological polar surface area (TPSA) is 80.5 Å². The van der Waals surface area contributed by atoms with Crippen LogP contribution in [0.1, 0.15) is 36.5 Å². The van der Waals surface area contributed by atoms with Crippen LogP contribution in [0, 0.1) is 0 Å². The lowest BCUT2D eigenvalue weighted by Gasteiger charge is -2.19. The van der Waals surface area contributed by atoms with Crippen molar-refractivity contribution >= 4 is 39.1 Å². The molecule has 0 saturated carbocycles. The second kappa shape index (κ2) is 7.45. The standard InChI is InChI=1S/C13H18Cl2N2O3S/c1-3-4-5-8-17(2)13(18)11-9(14)6-7-10(12(11)15)21(16,19)20/h6-7H,3-5,8H2,1-2H3,(H2,16,19,20). The lowest BCUT2D eigenvalue weighted by Crippen LogP contribution is -2.28. The molecule has 1 amide bonds. The van der Waals surface area contributed by atoms with Crippen LogP contribution >= 0.6 is 23.2 Å². The average Bonchev–Trinajstić information content (AvgIpc) is 2.37. The van der Waals surface area contributed by atoms with Gasteiger partial charge in [0.2, 0.25) is 10.0 Å². The summed E-state index contributed by atoms with van der Waals surface area (Å²) in [6, 6.07) is 2.49. The quantitative estimate of drug-likeness (QED) is 0.799. The number of amides is 1. The normalized spacial score (nSPS) is 11.5. The predicted octanol–water partition coefficient (Wildman–Crippen LogP) is 2.90. The van der Waals surface area contributed by atoms with Gasteiger partial charge in [0, 0.05) is 13.6 Å². The lowest BCUT2D eigenvalue weighted by atomic mass is 10.2. The van der Waals surface area contributed by atoms with Gasteiger partial charge in [-0.2, -0.15) is 0 Å². The summed E-state index contributed by atoms with van der Waals surface area (Å²) in [4.78, 5) is 13.5. The second-order valence-electron chi connectivity index (χ2n) is 4.71.